The van der Waals surface area contributed by atoms with Crippen LogP contribution in [0.3, 0.4) is 0 Å². The van der Waals surface area contributed by atoms with Gasteiger partial charge in [0.15, 0.2) is 9.84 Å². The van der Waals surface area contributed by atoms with Crippen LogP contribution in [0.2, 0.25) is 0 Å². The molecule has 4 rings (SSSR count). The fraction of sp³-hybridized carbons (Fsp3) is 0.520. The number of amides is 1. The maximum absolute atomic E-state index is 12.8. The predicted octanol–water partition coefficient (Wildman–Crippen LogP) is 2.61. The van der Waals surface area contributed by atoms with Crippen LogP contribution in [-0.2, 0) is 14.6 Å². The van der Waals surface area contributed by atoms with Crippen molar-refractivity contribution in [3.05, 3.63) is 54.2 Å². The second-order valence-electron chi connectivity index (χ2n) is 9.21. The van der Waals surface area contributed by atoms with E-state index in [-0.39, 0.29) is 18.1 Å². The van der Waals surface area contributed by atoms with Crippen LogP contribution in [0.25, 0.3) is 0 Å². The first-order valence-corrected chi connectivity index (χ1v) is 13.5. The van der Waals surface area contributed by atoms with Gasteiger partial charge in [0.2, 0.25) is 5.91 Å². The number of anilines is 1. The van der Waals surface area contributed by atoms with Crippen molar-refractivity contribution in [1.29, 1.82) is 0 Å². The van der Waals surface area contributed by atoms with Gasteiger partial charge in [-0.05, 0) is 49.9 Å². The summed E-state index contributed by atoms with van der Waals surface area (Å²) < 4.78 is 25.2. The summed E-state index contributed by atoms with van der Waals surface area (Å²) in [7, 11) is -3.44. The largest absolute Gasteiger partial charge is 0.354 e. The number of carbonyl (C=O) groups is 1. The van der Waals surface area contributed by atoms with Crippen molar-refractivity contribution in [2.75, 3.05) is 56.5 Å². The molecular formula is C25H34N4O3S. The van der Waals surface area contributed by atoms with Crippen molar-refractivity contribution >= 4 is 21.6 Å². The van der Waals surface area contributed by atoms with E-state index < -0.39 is 9.84 Å². The lowest BCUT2D eigenvalue weighted by molar-refractivity contribution is -0.132. The summed E-state index contributed by atoms with van der Waals surface area (Å²) in [4.78, 5) is 24.2. The van der Waals surface area contributed by atoms with E-state index in [1.807, 2.05) is 30.2 Å². The number of aromatic nitrogens is 1. The topological polar surface area (TPSA) is 73.8 Å². The molecule has 0 saturated carbocycles. The number of carbonyl (C=O) groups excluding carboxylic acids is 1. The normalized spacial score (nSPS) is 20.1. The van der Waals surface area contributed by atoms with E-state index in [2.05, 4.69) is 20.9 Å². The average Bonchev–Trinajstić information content (AvgIpc) is 2.84. The quantitative estimate of drug-likeness (QED) is 0.619. The molecule has 0 N–H and O–H groups in total. The Morgan fingerprint density at radius 1 is 1.03 bits per heavy atom. The summed E-state index contributed by atoms with van der Waals surface area (Å²) in [6.07, 6.45) is 3.98. The molecule has 33 heavy (non-hydrogen) atoms. The molecule has 1 aromatic carbocycles. The van der Waals surface area contributed by atoms with Crippen molar-refractivity contribution in [3.63, 3.8) is 0 Å². The van der Waals surface area contributed by atoms with Gasteiger partial charge in [-0.2, -0.15) is 0 Å². The number of sulfone groups is 1. The van der Waals surface area contributed by atoms with Crippen molar-refractivity contribution in [3.8, 4) is 0 Å². The van der Waals surface area contributed by atoms with Gasteiger partial charge in [-0.25, -0.2) is 13.4 Å². The van der Waals surface area contributed by atoms with E-state index in [1.54, 1.807) is 24.3 Å². The Bertz CT molecular complexity index is 1020. The van der Waals surface area contributed by atoms with Crippen LogP contribution in [0.5, 0.6) is 0 Å². The number of piperidine rings is 1. The predicted molar refractivity (Wildman–Crippen MR) is 130 cm³/mol. The highest BCUT2D eigenvalue weighted by molar-refractivity contribution is 7.91. The lowest BCUT2D eigenvalue weighted by atomic mass is 9.97. The van der Waals surface area contributed by atoms with E-state index >= 15 is 0 Å². The molecule has 1 unspecified atom stereocenters. The van der Waals surface area contributed by atoms with Crippen molar-refractivity contribution < 1.29 is 13.2 Å². The Balaban J connectivity index is 1.24. The maximum atomic E-state index is 12.8. The molecule has 0 aliphatic carbocycles. The minimum absolute atomic E-state index is 0.0460. The number of aryl methyl sites for hydroxylation is 1. The monoisotopic (exact) mass is 470 g/mol. The first-order valence-electron chi connectivity index (χ1n) is 11.9. The Labute approximate surface area is 197 Å². The number of piperazine rings is 1. The molecule has 2 aromatic rings. The van der Waals surface area contributed by atoms with E-state index in [1.165, 1.54) is 0 Å². The highest BCUT2D eigenvalue weighted by Gasteiger charge is 2.28. The first kappa shape index (κ1) is 23.7. The Morgan fingerprint density at radius 3 is 2.48 bits per heavy atom. The van der Waals surface area contributed by atoms with Crippen LogP contribution >= 0.6 is 0 Å². The molecule has 0 spiro atoms. The van der Waals surface area contributed by atoms with Crippen LogP contribution in [0.1, 0.15) is 24.8 Å². The molecule has 2 saturated heterocycles. The highest BCUT2D eigenvalue weighted by atomic mass is 32.2. The SMILES string of the molecule is Cc1ccc(S(=O)(=O)CCC(=O)N2CCCC(CN3CCN(c4ccccn4)CC3)C2)cc1. The summed E-state index contributed by atoms with van der Waals surface area (Å²) in [6, 6.07) is 12.8. The van der Waals surface area contributed by atoms with Gasteiger partial charge in [0.25, 0.3) is 0 Å². The second kappa shape index (κ2) is 10.7. The summed E-state index contributed by atoms with van der Waals surface area (Å²) in [5.41, 5.74) is 1.02. The molecule has 0 bridgehead atoms. The zero-order chi connectivity index (χ0) is 23.3. The van der Waals surface area contributed by atoms with Crippen LogP contribution in [-0.4, -0.2) is 80.7 Å². The van der Waals surface area contributed by atoms with Gasteiger partial charge in [0.1, 0.15) is 5.82 Å². The third kappa shape index (κ3) is 6.32. The van der Waals surface area contributed by atoms with Gasteiger partial charge in [-0.15, -0.1) is 0 Å². The molecule has 178 valence electrons. The molecule has 2 fully saturated rings. The highest BCUT2D eigenvalue weighted by Crippen LogP contribution is 2.21. The second-order valence-corrected chi connectivity index (χ2v) is 11.3. The molecule has 1 amide bonds. The van der Waals surface area contributed by atoms with E-state index in [0.717, 1.165) is 70.0 Å². The molecular weight excluding hydrogens is 436 g/mol. The number of benzene rings is 1. The molecule has 1 aromatic heterocycles. The minimum atomic E-state index is -3.44. The summed E-state index contributed by atoms with van der Waals surface area (Å²) >= 11 is 0. The van der Waals surface area contributed by atoms with E-state index in [9.17, 15) is 13.2 Å². The van der Waals surface area contributed by atoms with Gasteiger partial charge in [-0.3, -0.25) is 9.69 Å². The average molecular weight is 471 g/mol. The molecule has 2 aliphatic heterocycles. The third-order valence-electron chi connectivity index (χ3n) is 6.70. The zero-order valence-corrected chi connectivity index (χ0v) is 20.2. The number of likely N-dealkylation sites (tertiary alicyclic amines) is 1. The molecule has 3 heterocycles. The van der Waals surface area contributed by atoms with Crippen LogP contribution in [0.15, 0.2) is 53.6 Å². The third-order valence-corrected chi connectivity index (χ3v) is 8.43. The summed E-state index contributed by atoms with van der Waals surface area (Å²) in [5, 5.41) is 0. The van der Waals surface area contributed by atoms with Crippen LogP contribution < -0.4 is 4.90 Å². The summed E-state index contributed by atoms with van der Waals surface area (Å²) in [6.45, 7) is 8.28. The first-order chi connectivity index (χ1) is 15.9. The molecule has 8 heteroatoms. The maximum Gasteiger partial charge on any atom is 0.223 e. The fourth-order valence-corrected chi connectivity index (χ4v) is 5.98. The standard InChI is InChI=1S/C25H34N4O3S/c1-21-7-9-23(10-8-21)33(31,32)18-11-25(30)29-13-4-5-22(20-29)19-27-14-16-28(17-15-27)24-6-2-3-12-26-24/h2-3,6-10,12,22H,4-5,11,13-20H2,1H3. The van der Waals surface area contributed by atoms with Gasteiger partial charge < -0.3 is 9.80 Å². The Morgan fingerprint density at radius 2 is 1.79 bits per heavy atom. The number of rotatable bonds is 7. The fourth-order valence-electron chi connectivity index (χ4n) is 4.75. The Kier molecular flexibility index (Phi) is 7.65. The number of pyridine rings is 1. The van der Waals surface area contributed by atoms with Crippen molar-refractivity contribution in [2.45, 2.75) is 31.1 Å². The van der Waals surface area contributed by atoms with Gasteiger partial charge in [0, 0.05) is 58.4 Å². The summed E-state index contributed by atoms with van der Waals surface area (Å²) in [5.74, 6) is 1.30. The molecule has 7 nitrogen and oxygen atoms in total. The lowest BCUT2D eigenvalue weighted by Gasteiger charge is -2.39. The number of hydrogen-bond acceptors (Lipinski definition) is 6. The number of hydrogen-bond donors (Lipinski definition) is 0. The van der Waals surface area contributed by atoms with Gasteiger partial charge >= 0.3 is 0 Å². The van der Waals surface area contributed by atoms with E-state index in [0.29, 0.717) is 10.8 Å². The molecule has 2 aliphatic rings. The molecule has 1 atom stereocenters. The zero-order valence-electron chi connectivity index (χ0n) is 19.4. The van der Waals surface area contributed by atoms with Crippen molar-refractivity contribution in [2.24, 2.45) is 5.92 Å². The van der Waals surface area contributed by atoms with Crippen molar-refractivity contribution in [1.82, 2.24) is 14.8 Å². The van der Waals surface area contributed by atoms with Gasteiger partial charge in [0.05, 0.1) is 10.6 Å². The lowest BCUT2D eigenvalue weighted by Crippen LogP contribution is -2.50. The van der Waals surface area contributed by atoms with Crippen LogP contribution in [0.4, 0.5) is 5.82 Å². The number of nitrogens with zero attached hydrogens (tertiary/aromatic N) is 4. The van der Waals surface area contributed by atoms with E-state index in [4.69, 9.17) is 0 Å². The smallest absolute Gasteiger partial charge is 0.223 e. The minimum Gasteiger partial charge on any atom is -0.354 e. The molecule has 0 radical (unpaired) electrons. The Hall–Kier alpha value is -2.45. The van der Waals surface area contributed by atoms with Crippen LogP contribution in [0, 0.1) is 12.8 Å². The van der Waals surface area contributed by atoms with Gasteiger partial charge in [-0.1, -0.05) is 23.8 Å².